The Morgan fingerprint density at radius 1 is 1.04 bits per heavy atom. The highest BCUT2D eigenvalue weighted by molar-refractivity contribution is 5.75. The van der Waals surface area contributed by atoms with Gasteiger partial charge in [-0.2, -0.15) is 0 Å². The van der Waals surface area contributed by atoms with E-state index in [-0.39, 0.29) is 6.03 Å². The molecule has 3 heterocycles. The van der Waals surface area contributed by atoms with Crippen molar-refractivity contribution in [2.75, 3.05) is 24.5 Å². The zero-order chi connectivity index (χ0) is 17.2. The zero-order valence-corrected chi connectivity index (χ0v) is 15.3. The molecule has 2 aliphatic heterocycles. The molecular formula is C19H29N5O. The summed E-state index contributed by atoms with van der Waals surface area (Å²) in [6.45, 7) is 5.50. The molecule has 0 bridgehead atoms. The Morgan fingerprint density at radius 2 is 1.80 bits per heavy atom. The lowest BCUT2D eigenvalue weighted by Gasteiger charge is -2.33. The number of carbonyl (C=O) groups excluding carboxylic acids is 1. The lowest BCUT2D eigenvalue weighted by atomic mass is 9.95. The summed E-state index contributed by atoms with van der Waals surface area (Å²) in [7, 11) is 0. The summed E-state index contributed by atoms with van der Waals surface area (Å²) < 4.78 is 0. The molecule has 6 heteroatoms. The number of amides is 2. The third kappa shape index (κ3) is 3.58. The van der Waals surface area contributed by atoms with Crippen LogP contribution in [-0.2, 0) is 13.0 Å². The van der Waals surface area contributed by atoms with Gasteiger partial charge >= 0.3 is 6.03 Å². The third-order valence-corrected chi connectivity index (χ3v) is 5.78. The van der Waals surface area contributed by atoms with Crippen LogP contribution < -0.4 is 10.2 Å². The molecule has 1 saturated carbocycles. The molecule has 25 heavy (non-hydrogen) atoms. The largest absolute Gasteiger partial charge is 0.356 e. The maximum atomic E-state index is 12.7. The average molecular weight is 343 g/mol. The molecule has 0 aromatic carbocycles. The van der Waals surface area contributed by atoms with Crippen LogP contribution in [0.4, 0.5) is 10.6 Å². The first kappa shape index (κ1) is 16.6. The Morgan fingerprint density at radius 3 is 2.56 bits per heavy atom. The third-order valence-electron chi connectivity index (χ3n) is 5.78. The predicted molar refractivity (Wildman–Crippen MR) is 97.7 cm³/mol. The van der Waals surface area contributed by atoms with Gasteiger partial charge in [-0.1, -0.05) is 19.3 Å². The van der Waals surface area contributed by atoms with Crippen LogP contribution in [0.15, 0.2) is 0 Å². The Balaban J connectivity index is 1.50. The number of urea groups is 1. The molecule has 4 rings (SSSR count). The van der Waals surface area contributed by atoms with Crippen LogP contribution in [0.5, 0.6) is 0 Å². The van der Waals surface area contributed by atoms with Gasteiger partial charge in [-0.3, -0.25) is 0 Å². The monoisotopic (exact) mass is 343 g/mol. The van der Waals surface area contributed by atoms with E-state index in [2.05, 4.69) is 15.2 Å². The summed E-state index contributed by atoms with van der Waals surface area (Å²) in [6.07, 6.45) is 9.30. The first-order valence-electron chi connectivity index (χ1n) is 9.87. The molecule has 3 aliphatic rings. The standard InChI is InChI=1S/C19H29N5O/c1-14-20-17-9-12-24(19(25)22-15-7-3-2-4-8-15)13-16(17)18(21-14)23-10-5-6-11-23/h15H,2-13H2,1H3,(H,22,25). The van der Waals surface area contributed by atoms with Crippen molar-refractivity contribution in [3.8, 4) is 0 Å². The lowest BCUT2D eigenvalue weighted by Crippen LogP contribution is -2.47. The van der Waals surface area contributed by atoms with Crippen molar-refractivity contribution in [2.24, 2.45) is 0 Å². The maximum absolute atomic E-state index is 12.7. The van der Waals surface area contributed by atoms with Crippen LogP contribution in [0, 0.1) is 6.92 Å². The van der Waals surface area contributed by atoms with E-state index in [0.29, 0.717) is 12.6 Å². The minimum atomic E-state index is 0.0884. The molecular weight excluding hydrogens is 314 g/mol. The lowest BCUT2D eigenvalue weighted by molar-refractivity contribution is 0.184. The fourth-order valence-electron chi connectivity index (χ4n) is 4.39. The highest BCUT2D eigenvalue weighted by Crippen LogP contribution is 2.29. The quantitative estimate of drug-likeness (QED) is 0.897. The van der Waals surface area contributed by atoms with Gasteiger partial charge in [0.05, 0.1) is 12.2 Å². The molecule has 2 fully saturated rings. The molecule has 2 amide bonds. The summed E-state index contributed by atoms with van der Waals surface area (Å²) in [4.78, 5) is 26.5. The number of nitrogens with zero attached hydrogens (tertiary/aromatic N) is 4. The number of carbonyl (C=O) groups is 1. The van der Waals surface area contributed by atoms with E-state index < -0.39 is 0 Å². The van der Waals surface area contributed by atoms with Crippen molar-refractivity contribution in [1.29, 1.82) is 0 Å². The number of aromatic nitrogens is 2. The van der Waals surface area contributed by atoms with Gasteiger partial charge in [-0.05, 0) is 32.6 Å². The number of rotatable bonds is 2. The van der Waals surface area contributed by atoms with Gasteiger partial charge in [0.2, 0.25) is 0 Å². The maximum Gasteiger partial charge on any atom is 0.317 e. The summed E-state index contributed by atoms with van der Waals surface area (Å²) in [5.41, 5.74) is 2.30. The van der Waals surface area contributed by atoms with Crippen LogP contribution >= 0.6 is 0 Å². The van der Waals surface area contributed by atoms with Gasteiger partial charge in [-0.15, -0.1) is 0 Å². The van der Waals surface area contributed by atoms with Gasteiger partial charge in [-0.25, -0.2) is 14.8 Å². The van der Waals surface area contributed by atoms with E-state index in [1.54, 1.807) is 0 Å². The van der Waals surface area contributed by atoms with Crippen LogP contribution in [0.25, 0.3) is 0 Å². The summed E-state index contributed by atoms with van der Waals surface area (Å²) in [5.74, 6) is 1.91. The SMILES string of the molecule is Cc1nc2c(c(N3CCCC3)n1)CN(C(=O)NC1CCCCC1)CC2. The number of nitrogens with one attached hydrogen (secondary N) is 1. The van der Waals surface area contributed by atoms with Crippen molar-refractivity contribution in [2.45, 2.75) is 70.9 Å². The fraction of sp³-hybridized carbons (Fsp3) is 0.737. The molecule has 1 saturated heterocycles. The van der Waals surface area contributed by atoms with E-state index in [9.17, 15) is 4.79 Å². The van der Waals surface area contributed by atoms with Gasteiger partial charge in [0.15, 0.2) is 0 Å². The van der Waals surface area contributed by atoms with Gasteiger partial charge in [0, 0.05) is 37.7 Å². The van der Waals surface area contributed by atoms with Crippen molar-refractivity contribution in [3.63, 3.8) is 0 Å². The van der Waals surface area contributed by atoms with E-state index in [4.69, 9.17) is 4.98 Å². The molecule has 6 nitrogen and oxygen atoms in total. The highest BCUT2D eigenvalue weighted by atomic mass is 16.2. The highest BCUT2D eigenvalue weighted by Gasteiger charge is 2.29. The van der Waals surface area contributed by atoms with Gasteiger partial charge in [0.1, 0.15) is 11.6 Å². The van der Waals surface area contributed by atoms with E-state index in [1.165, 1.54) is 32.1 Å². The second-order valence-electron chi connectivity index (χ2n) is 7.67. The first-order chi connectivity index (χ1) is 12.2. The van der Waals surface area contributed by atoms with Crippen molar-refractivity contribution < 1.29 is 4.79 Å². The Kier molecular flexibility index (Phi) is 4.77. The molecule has 1 aromatic heterocycles. The summed E-state index contributed by atoms with van der Waals surface area (Å²) in [6, 6.07) is 0.445. The molecule has 1 aromatic rings. The van der Waals surface area contributed by atoms with Gasteiger partial charge in [0.25, 0.3) is 0 Å². The molecule has 0 unspecified atom stereocenters. The number of hydrogen-bond acceptors (Lipinski definition) is 4. The van der Waals surface area contributed by atoms with Crippen LogP contribution in [0.2, 0.25) is 0 Å². The molecule has 0 radical (unpaired) electrons. The minimum Gasteiger partial charge on any atom is -0.356 e. The minimum absolute atomic E-state index is 0.0884. The first-order valence-corrected chi connectivity index (χ1v) is 9.87. The summed E-state index contributed by atoms with van der Waals surface area (Å²) >= 11 is 0. The van der Waals surface area contributed by atoms with Crippen molar-refractivity contribution >= 4 is 11.8 Å². The van der Waals surface area contributed by atoms with E-state index >= 15 is 0 Å². The van der Waals surface area contributed by atoms with Crippen LogP contribution in [-0.4, -0.2) is 46.6 Å². The number of aryl methyl sites for hydroxylation is 1. The van der Waals surface area contributed by atoms with Gasteiger partial charge < -0.3 is 15.1 Å². The number of hydrogen-bond donors (Lipinski definition) is 1. The van der Waals surface area contributed by atoms with E-state index in [1.807, 2.05) is 11.8 Å². The number of anilines is 1. The van der Waals surface area contributed by atoms with Crippen molar-refractivity contribution in [1.82, 2.24) is 20.2 Å². The second-order valence-corrected chi connectivity index (χ2v) is 7.67. The summed E-state index contributed by atoms with van der Waals surface area (Å²) in [5, 5.41) is 3.25. The zero-order valence-electron chi connectivity index (χ0n) is 15.3. The second kappa shape index (κ2) is 7.18. The van der Waals surface area contributed by atoms with E-state index in [0.717, 1.165) is 61.8 Å². The molecule has 0 spiro atoms. The molecule has 1 aliphatic carbocycles. The van der Waals surface area contributed by atoms with Crippen LogP contribution in [0.3, 0.4) is 0 Å². The fourth-order valence-corrected chi connectivity index (χ4v) is 4.39. The van der Waals surface area contributed by atoms with Crippen molar-refractivity contribution in [3.05, 3.63) is 17.1 Å². The average Bonchev–Trinajstić information content (AvgIpc) is 3.16. The smallest absolute Gasteiger partial charge is 0.317 e. The normalized spacial score (nSPS) is 21.3. The Labute approximate surface area is 150 Å². The molecule has 1 N–H and O–H groups in total. The topological polar surface area (TPSA) is 61.4 Å². The van der Waals surface area contributed by atoms with Crippen LogP contribution in [0.1, 0.15) is 62.0 Å². The predicted octanol–water partition coefficient (Wildman–Crippen LogP) is 2.79. The Hall–Kier alpha value is -1.85. The molecule has 136 valence electrons. The Bertz CT molecular complexity index is 635. The molecule has 0 atom stereocenters. The number of fused-ring (bicyclic) bond motifs is 1.